The van der Waals surface area contributed by atoms with E-state index in [0.29, 0.717) is 22.3 Å². The Balaban J connectivity index is 1.05. The molecule has 5 amide bonds. The Hall–Kier alpha value is -7.29. The number of amides is 5. The molecule has 4 N–H and O–H groups in total. The first-order valence-corrected chi connectivity index (χ1v) is 23.3. The Morgan fingerprint density at radius 1 is 0.809 bits per heavy atom. The normalized spacial score (nSPS) is 19.6. The number of hydrogen-bond acceptors (Lipinski definition) is 15. The third-order valence-electron chi connectivity index (χ3n) is 11.0. The number of nitrogens with zero attached hydrogens (tertiary/aromatic N) is 5. The van der Waals surface area contributed by atoms with E-state index >= 15 is 0 Å². The highest BCUT2D eigenvalue weighted by Crippen LogP contribution is 2.51. The number of benzene rings is 4. The molecule has 0 unspecified atom stereocenters. The largest absolute Gasteiger partial charge is 0.450 e. The van der Waals surface area contributed by atoms with Gasteiger partial charge in [-0.1, -0.05) is 138 Å². The number of anilines is 1. The number of aromatic nitrogens is 1. The van der Waals surface area contributed by atoms with Crippen LogP contribution in [0.4, 0.5) is 14.7 Å². The third kappa shape index (κ3) is 10.2. The van der Waals surface area contributed by atoms with E-state index in [0.717, 1.165) is 28.1 Å². The highest BCUT2D eigenvalue weighted by molar-refractivity contribution is 8.02. The number of oxime groups is 1. The predicted octanol–water partition coefficient (Wildman–Crippen LogP) is 5.97. The molecular weight excluding hydrogens is 913 g/mol. The van der Waals surface area contributed by atoms with Crippen LogP contribution in [-0.4, -0.2) is 109 Å². The molecule has 20 heteroatoms. The maximum atomic E-state index is 14.8. The molecule has 8 rings (SSSR count). The number of carbonyl (C=O) groups excluding carboxylic acids is 6. The second-order valence-corrected chi connectivity index (χ2v) is 19.2. The SMILES string of the molecule is C[C@@H](O/N=C(\C(=O)N[C@@H]1C(=O)N2C[C@@](C(=O)OC(c3ccccc3)c3ccccc3)(N3CCN(N)C3=O)S[C@H]12)c1csc(NC(=O)OC(C)(C)C)n1)C(=O)OC(c1ccccc1)c1ccccc1. The van der Waals surface area contributed by atoms with E-state index in [9.17, 15) is 28.8 Å². The molecule has 3 fully saturated rings. The summed E-state index contributed by atoms with van der Waals surface area (Å²) in [5.41, 5.74) is 1.42. The summed E-state index contributed by atoms with van der Waals surface area (Å²) in [6.07, 6.45) is -3.83. The van der Waals surface area contributed by atoms with Crippen molar-refractivity contribution in [1.29, 1.82) is 0 Å². The van der Waals surface area contributed by atoms with Crippen LogP contribution in [-0.2, 0) is 38.2 Å². The van der Waals surface area contributed by atoms with Gasteiger partial charge in [0.05, 0.1) is 13.1 Å². The summed E-state index contributed by atoms with van der Waals surface area (Å²) < 4.78 is 17.6. The molecule has 68 heavy (non-hydrogen) atoms. The second kappa shape index (κ2) is 19.9. The van der Waals surface area contributed by atoms with Crippen molar-refractivity contribution in [2.24, 2.45) is 11.0 Å². The lowest BCUT2D eigenvalue weighted by molar-refractivity contribution is -0.160. The number of nitrogens with two attached hydrogens (primary N) is 1. The van der Waals surface area contributed by atoms with Crippen LogP contribution < -0.4 is 16.5 Å². The summed E-state index contributed by atoms with van der Waals surface area (Å²) in [4.78, 5) is 94.0. The van der Waals surface area contributed by atoms with Gasteiger partial charge in [0.15, 0.2) is 23.1 Å². The Morgan fingerprint density at radius 2 is 1.34 bits per heavy atom. The van der Waals surface area contributed by atoms with Gasteiger partial charge in [-0.3, -0.25) is 24.8 Å². The maximum Gasteiger partial charge on any atom is 0.413 e. The van der Waals surface area contributed by atoms with Gasteiger partial charge in [-0.2, -0.15) is 0 Å². The summed E-state index contributed by atoms with van der Waals surface area (Å²) >= 11 is 1.94. The van der Waals surface area contributed by atoms with Crippen LogP contribution >= 0.6 is 23.1 Å². The summed E-state index contributed by atoms with van der Waals surface area (Å²) in [6.45, 7) is 6.39. The molecule has 0 spiro atoms. The average Bonchev–Trinajstić information content (AvgIpc) is 4.05. The number of thiazole rings is 1. The van der Waals surface area contributed by atoms with E-state index in [4.69, 9.17) is 24.9 Å². The summed E-state index contributed by atoms with van der Waals surface area (Å²) in [6, 6.07) is 34.6. The number of hydrogen-bond donors (Lipinski definition) is 3. The van der Waals surface area contributed by atoms with Gasteiger partial charge < -0.3 is 29.3 Å². The number of carbonyl (C=O) groups is 6. The molecule has 3 aliphatic heterocycles. The second-order valence-electron chi connectivity index (χ2n) is 16.9. The van der Waals surface area contributed by atoms with Crippen LogP contribution in [0.5, 0.6) is 0 Å². The molecule has 4 aromatic carbocycles. The monoisotopic (exact) mass is 960 g/mol. The van der Waals surface area contributed by atoms with Crippen molar-refractivity contribution >= 4 is 69.8 Å². The number of rotatable bonds is 15. The maximum absolute atomic E-state index is 14.8. The molecule has 1 aromatic heterocycles. The van der Waals surface area contributed by atoms with Crippen molar-refractivity contribution in [2.75, 3.05) is 25.0 Å². The average molecular weight is 961 g/mol. The molecule has 352 valence electrons. The van der Waals surface area contributed by atoms with Crippen LogP contribution in [0.3, 0.4) is 0 Å². The minimum Gasteiger partial charge on any atom is -0.450 e. The lowest BCUT2D eigenvalue weighted by Gasteiger charge is -2.41. The molecule has 0 radical (unpaired) electrons. The standard InChI is InChI=1S/C48H48N8O10S2/c1-29(42(59)63-37(30-17-9-5-10-18-30)31-19-11-6-12-20-31)66-53-35(34-27-67-44(50-34)52-45(61)65-47(2,3)4)39(57)51-36-40(58)54-28-48(68-41(36)54,55-25-26-56(49)46(55)62)43(60)64-38(32-21-13-7-14-22-32)33-23-15-8-16-24-33/h5-24,27,29,36-38,41H,25-26,28,49H2,1-4H3,(H,51,57)(H,50,52,61)/b53-35-/t29-,36-,41-,48-/m1/s1. The van der Waals surface area contributed by atoms with E-state index in [1.165, 1.54) is 22.1 Å². The highest BCUT2D eigenvalue weighted by atomic mass is 32.2. The van der Waals surface area contributed by atoms with Gasteiger partial charge >= 0.3 is 24.1 Å². The smallest absolute Gasteiger partial charge is 0.413 e. The Morgan fingerprint density at radius 3 is 1.84 bits per heavy atom. The van der Waals surface area contributed by atoms with Gasteiger partial charge in [-0.05, 0) is 49.9 Å². The van der Waals surface area contributed by atoms with Crippen molar-refractivity contribution in [1.82, 2.24) is 25.1 Å². The number of ether oxygens (including phenoxy) is 3. The molecule has 0 aliphatic carbocycles. The van der Waals surface area contributed by atoms with Crippen LogP contribution in [0, 0.1) is 0 Å². The van der Waals surface area contributed by atoms with Gasteiger partial charge in [0, 0.05) is 11.9 Å². The van der Waals surface area contributed by atoms with E-state index in [1.54, 1.807) is 20.8 Å². The van der Waals surface area contributed by atoms with Gasteiger partial charge in [-0.25, -0.2) is 30.0 Å². The number of hydrazine groups is 1. The van der Waals surface area contributed by atoms with Gasteiger partial charge in [0.2, 0.25) is 16.9 Å². The van der Waals surface area contributed by atoms with E-state index in [-0.39, 0.29) is 30.5 Å². The Kier molecular flexibility index (Phi) is 13.8. The topological polar surface area (TPSA) is 224 Å². The summed E-state index contributed by atoms with van der Waals surface area (Å²) in [5.74, 6) is 2.94. The fourth-order valence-electron chi connectivity index (χ4n) is 7.68. The molecular formula is C48H48N8O10S2. The van der Waals surface area contributed by atoms with Crippen LogP contribution in [0.15, 0.2) is 132 Å². The first-order chi connectivity index (χ1) is 32.6. The first kappa shape index (κ1) is 47.2. The molecule has 3 saturated heterocycles. The Labute approximate surface area is 399 Å². The van der Waals surface area contributed by atoms with Crippen molar-refractivity contribution in [3.05, 3.63) is 155 Å². The number of thioether (sulfide) groups is 1. The molecule has 0 bridgehead atoms. The number of urea groups is 1. The lowest BCUT2D eigenvalue weighted by atomic mass is 10.0. The predicted molar refractivity (Wildman–Crippen MR) is 251 cm³/mol. The minimum absolute atomic E-state index is 0.0462. The minimum atomic E-state index is -1.77. The van der Waals surface area contributed by atoms with Crippen LogP contribution in [0.1, 0.15) is 67.9 Å². The Bertz CT molecular complexity index is 2610. The van der Waals surface area contributed by atoms with E-state index in [2.05, 4.69) is 20.8 Å². The molecule has 0 saturated carbocycles. The zero-order valence-corrected chi connectivity index (χ0v) is 39.0. The number of β-lactam (4-membered cyclic amide) rings is 1. The summed E-state index contributed by atoms with van der Waals surface area (Å²) in [7, 11) is 0. The van der Waals surface area contributed by atoms with Gasteiger partial charge in [0.25, 0.3) is 5.91 Å². The molecule has 4 atom stereocenters. The van der Waals surface area contributed by atoms with Gasteiger partial charge in [0.1, 0.15) is 22.7 Å². The van der Waals surface area contributed by atoms with E-state index < -0.39 is 81.8 Å². The lowest BCUT2D eigenvalue weighted by Crippen LogP contribution is -2.68. The van der Waals surface area contributed by atoms with Crippen molar-refractivity contribution in [3.63, 3.8) is 0 Å². The molecule has 4 heterocycles. The van der Waals surface area contributed by atoms with Gasteiger partial charge in [-0.15, -0.1) is 11.3 Å². The third-order valence-corrected chi connectivity index (χ3v) is 13.4. The molecule has 5 aromatic rings. The van der Waals surface area contributed by atoms with Crippen molar-refractivity contribution < 1.29 is 47.8 Å². The fourth-order valence-corrected chi connectivity index (χ4v) is 10.0. The van der Waals surface area contributed by atoms with E-state index in [1.807, 2.05) is 121 Å². The highest BCUT2D eigenvalue weighted by Gasteiger charge is 2.67. The number of nitrogens with one attached hydrogen (secondary N) is 2. The zero-order valence-electron chi connectivity index (χ0n) is 37.3. The zero-order chi connectivity index (χ0) is 48.2. The van der Waals surface area contributed by atoms with Crippen molar-refractivity contribution in [3.8, 4) is 0 Å². The number of fused-ring (bicyclic) bond motifs is 1. The van der Waals surface area contributed by atoms with Crippen LogP contribution in [0.2, 0.25) is 0 Å². The van der Waals surface area contributed by atoms with Crippen molar-refractivity contribution in [2.45, 2.75) is 67.9 Å². The van der Waals surface area contributed by atoms with Crippen LogP contribution in [0.25, 0.3) is 0 Å². The molecule has 18 nitrogen and oxygen atoms in total. The fraction of sp³-hybridized carbons (Fsp3) is 0.292. The first-order valence-electron chi connectivity index (χ1n) is 21.6. The molecule has 3 aliphatic rings. The number of esters is 2. The summed E-state index contributed by atoms with van der Waals surface area (Å²) in [5, 5.41) is 10.9. The quantitative estimate of drug-likeness (QED) is 0.0209.